The first-order valence-electron chi connectivity index (χ1n) is 14.3. The Hall–Kier alpha value is -5.67. The molecule has 8 aromatic rings. The number of nitrogens with zero attached hydrogens (tertiary/aromatic N) is 3. The fourth-order valence-corrected chi connectivity index (χ4v) is 6.74. The van der Waals surface area contributed by atoms with Crippen LogP contribution < -0.4 is 4.90 Å². The highest BCUT2D eigenvalue weighted by Gasteiger charge is 2.27. The molecule has 3 heteroatoms. The summed E-state index contributed by atoms with van der Waals surface area (Å²) in [6, 6.07) is 52.3. The highest BCUT2D eigenvalue weighted by molar-refractivity contribution is 6.14. The van der Waals surface area contributed by atoms with Crippen LogP contribution in [0.2, 0.25) is 0 Å². The van der Waals surface area contributed by atoms with Gasteiger partial charge in [-0.3, -0.25) is 4.98 Å². The summed E-state index contributed by atoms with van der Waals surface area (Å²) in [6.45, 7) is 0. The Balaban J connectivity index is 1.29. The third kappa shape index (κ3) is 3.31. The van der Waals surface area contributed by atoms with Crippen molar-refractivity contribution in [2.45, 2.75) is 0 Å². The van der Waals surface area contributed by atoms with Gasteiger partial charge in [-0.15, -0.1) is 0 Å². The number of hydrogen-bond acceptors (Lipinski definition) is 2. The summed E-state index contributed by atoms with van der Waals surface area (Å²) in [7, 11) is 0. The van der Waals surface area contributed by atoms with E-state index in [1.54, 1.807) is 0 Å². The van der Waals surface area contributed by atoms with Gasteiger partial charge >= 0.3 is 0 Å². The van der Waals surface area contributed by atoms with Crippen molar-refractivity contribution in [2.75, 3.05) is 4.90 Å². The molecule has 42 heavy (non-hydrogen) atoms. The third-order valence-electron chi connectivity index (χ3n) is 8.51. The summed E-state index contributed by atoms with van der Waals surface area (Å²) < 4.78 is 2.38. The van der Waals surface area contributed by atoms with Crippen molar-refractivity contribution in [1.29, 1.82) is 0 Å². The minimum absolute atomic E-state index is 1.00. The van der Waals surface area contributed by atoms with Gasteiger partial charge in [0.05, 0.1) is 28.1 Å². The first-order valence-corrected chi connectivity index (χ1v) is 14.3. The minimum atomic E-state index is 1.00. The Morgan fingerprint density at radius 2 is 1.17 bits per heavy atom. The van der Waals surface area contributed by atoms with Gasteiger partial charge in [0.25, 0.3) is 0 Å². The fraction of sp³-hybridized carbons (Fsp3) is 0. The van der Waals surface area contributed by atoms with E-state index in [1.807, 2.05) is 12.3 Å². The average Bonchev–Trinajstić information content (AvgIpc) is 3.40. The number of pyridine rings is 1. The summed E-state index contributed by atoms with van der Waals surface area (Å²) in [5.74, 6) is 0. The molecule has 196 valence electrons. The molecule has 0 saturated carbocycles. The van der Waals surface area contributed by atoms with Crippen LogP contribution >= 0.6 is 0 Å². The molecule has 0 radical (unpaired) electrons. The van der Waals surface area contributed by atoms with Crippen LogP contribution in [-0.4, -0.2) is 9.55 Å². The molecule has 0 spiro atoms. The topological polar surface area (TPSA) is 21.1 Å². The van der Waals surface area contributed by atoms with Gasteiger partial charge < -0.3 is 9.47 Å². The highest BCUT2D eigenvalue weighted by atomic mass is 15.2. The number of aromatic nitrogens is 2. The van der Waals surface area contributed by atoms with E-state index in [0.29, 0.717) is 0 Å². The summed E-state index contributed by atoms with van der Waals surface area (Å²) >= 11 is 0. The Labute approximate surface area is 243 Å². The normalized spacial score (nSPS) is 12.2. The van der Waals surface area contributed by atoms with Gasteiger partial charge in [-0.05, 0) is 77.2 Å². The SMILES string of the molecule is c1ccc(-c2cc3c4c(cccc4c2)N(c2cccc(-n4c5ccccc5c5ccccc54)c2)c2cccnc2-3)cc1. The summed E-state index contributed by atoms with van der Waals surface area (Å²) in [5, 5.41) is 4.97. The van der Waals surface area contributed by atoms with Crippen LogP contribution in [0, 0.1) is 0 Å². The highest BCUT2D eigenvalue weighted by Crippen LogP contribution is 2.51. The van der Waals surface area contributed by atoms with Gasteiger partial charge in [-0.1, -0.05) is 84.9 Å². The van der Waals surface area contributed by atoms with E-state index < -0.39 is 0 Å². The second kappa shape index (κ2) is 8.92. The molecule has 9 rings (SSSR count). The molecular weight excluding hydrogens is 510 g/mol. The zero-order chi connectivity index (χ0) is 27.6. The van der Waals surface area contributed by atoms with E-state index in [9.17, 15) is 0 Å². The molecule has 0 fully saturated rings. The molecule has 6 aromatic carbocycles. The molecule has 0 N–H and O–H groups in total. The maximum absolute atomic E-state index is 4.96. The Morgan fingerprint density at radius 1 is 0.476 bits per heavy atom. The molecule has 0 amide bonds. The number of anilines is 3. The first kappa shape index (κ1) is 23.1. The van der Waals surface area contributed by atoms with E-state index in [0.717, 1.165) is 22.8 Å². The lowest BCUT2D eigenvalue weighted by Gasteiger charge is -2.33. The number of fused-ring (bicyclic) bond motifs is 5. The predicted molar refractivity (Wildman–Crippen MR) is 175 cm³/mol. The lowest BCUT2D eigenvalue weighted by atomic mass is 9.90. The van der Waals surface area contributed by atoms with Crippen LogP contribution in [0.3, 0.4) is 0 Å². The molecular formula is C39H25N3. The van der Waals surface area contributed by atoms with Crippen LogP contribution in [0.4, 0.5) is 17.1 Å². The van der Waals surface area contributed by atoms with Crippen molar-refractivity contribution in [3.63, 3.8) is 0 Å². The standard InChI is InChI=1S/C39H25N3/c1-2-11-26(12-3-1)28-23-27-13-8-20-36-38(27)33(24-28)39-37(21-10-22-40-39)42(36)30-15-9-14-29(25-30)41-34-18-6-4-16-31(34)32-17-5-7-19-35(32)41/h1-25H. The van der Waals surface area contributed by atoms with Gasteiger partial charge in [0.1, 0.15) is 0 Å². The minimum Gasteiger partial charge on any atom is -0.309 e. The van der Waals surface area contributed by atoms with Gasteiger partial charge in [-0.25, -0.2) is 0 Å². The number of benzene rings is 6. The number of para-hydroxylation sites is 2. The zero-order valence-corrected chi connectivity index (χ0v) is 22.8. The van der Waals surface area contributed by atoms with E-state index in [-0.39, 0.29) is 0 Å². The van der Waals surface area contributed by atoms with Gasteiger partial charge in [-0.2, -0.15) is 0 Å². The Kier molecular flexibility index (Phi) is 4.90. The molecule has 0 bridgehead atoms. The van der Waals surface area contributed by atoms with Gasteiger partial charge in [0.15, 0.2) is 0 Å². The zero-order valence-electron chi connectivity index (χ0n) is 22.8. The average molecular weight is 536 g/mol. The number of hydrogen-bond donors (Lipinski definition) is 0. The van der Waals surface area contributed by atoms with Crippen molar-refractivity contribution in [3.8, 4) is 28.1 Å². The molecule has 2 aromatic heterocycles. The van der Waals surface area contributed by atoms with Crippen molar-refractivity contribution in [3.05, 3.63) is 152 Å². The monoisotopic (exact) mass is 535 g/mol. The van der Waals surface area contributed by atoms with Crippen LogP contribution in [0.25, 0.3) is 60.6 Å². The molecule has 0 aliphatic carbocycles. The van der Waals surface area contributed by atoms with Crippen molar-refractivity contribution >= 4 is 49.6 Å². The molecule has 3 nitrogen and oxygen atoms in total. The van der Waals surface area contributed by atoms with E-state index >= 15 is 0 Å². The van der Waals surface area contributed by atoms with Crippen molar-refractivity contribution in [2.24, 2.45) is 0 Å². The van der Waals surface area contributed by atoms with Crippen LogP contribution in [0.15, 0.2) is 152 Å². The lowest BCUT2D eigenvalue weighted by molar-refractivity contribution is 1.16. The Bertz CT molecular complexity index is 2260. The fourth-order valence-electron chi connectivity index (χ4n) is 6.74. The maximum atomic E-state index is 4.96. The van der Waals surface area contributed by atoms with Crippen LogP contribution in [-0.2, 0) is 0 Å². The van der Waals surface area contributed by atoms with Crippen molar-refractivity contribution < 1.29 is 0 Å². The summed E-state index contributed by atoms with van der Waals surface area (Å²) in [5.41, 5.74) is 11.5. The quantitative estimate of drug-likeness (QED) is 0.224. The molecule has 0 unspecified atom stereocenters. The second-order valence-electron chi connectivity index (χ2n) is 10.9. The number of rotatable bonds is 3. The second-order valence-corrected chi connectivity index (χ2v) is 10.9. The Morgan fingerprint density at radius 3 is 1.98 bits per heavy atom. The van der Waals surface area contributed by atoms with Gasteiger partial charge in [0.2, 0.25) is 0 Å². The van der Waals surface area contributed by atoms with E-state index in [2.05, 4.69) is 149 Å². The maximum Gasteiger partial charge on any atom is 0.0949 e. The first-order chi connectivity index (χ1) is 20.8. The van der Waals surface area contributed by atoms with E-state index in [4.69, 9.17) is 4.98 Å². The molecule has 1 aliphatic rings. The predicted octanol–water partition coefficient (Wildman–Crippen LogP) is 10.4. The van der Waals surface area contributed by atoms with Crippen molar-refractivity contribution in [1.82, 2.24) is 9.55 Å². The smallest absolute Gasteiger partial charge is 0.0949 e. The van der Waals surface area contributed by atoms with Gasteiger partial charge in [0, 0.05) is 39.3 Å². The summed E-state index contributed by atoms with van der Waals surface area (Å²) in [4.78, 5) is 7.33. The van der Waals surface area contributed by atoms with Crippen LogP contribution in [0.1, 0.15) is 0 Å². The molecule has 0 atom stereocenters. The molecule has 0 saturated heterocycles. The third-order valence-corrected chi connectivity index (χ3v) is 8.51. The van der Waals surface area contributed by atoms with Crippen LogP contribution in [0.5, 0.6) is 0 Å². The molecule has 3 heterocycles. The summed E-state index contributed by atoms with van der Waals surface area (Å²) in [6.07, 6.45) is 1.90. The van der Waals surface area contributed by atoms with E-state index in [1.165, 1.54) is 55.0 Å². The molecule has 1 aliphatic heterocycles. The largest absolute Gasteiger partial charge is 0.309 e. The lowest BCUT2D eigenvalue weighted by Crippen LogP contribution is -2.16.